The van der Waals surface area contributed by atoms with Crippen molar-refractivity contribution in [1.29, 1.82) is 0 Å². The van der Waals surface area contributed by atoms with Gasteiger partial charge in [0, 0.05) is 12.8 Å². The summed E-state index contributed by atoms with van der Waals surface area (Å²) in [5.74, 6) is -0.0135. The summed E-state index contributed by atoms with van der Waals surface area (Å²) in [7, 11) is 0. The highest BCUT2D eigenvalue weighted by atomic mass is 16.5. The Morgan fingerprint density at radius 2 is 0.593 bits per heavy atom. The SMILES string of the molecule is CCCC/C=C\CCCCCCCC(=O)OCCCCCCCCCCCCCCCCCCCCCCCCCCCCCCCCCCCC(=O)NC(CO)C(O)CCCCCCCCCCCCCCCCCCCCCC. The average molecular weight is 1140 g/mol. The molecule has 3 N–H and O–H groups in total. The van der Waals surface area contributed by atoms with Crippen molar-refractivity contribution in [2.45, 2.75) is 443 Å². The number of allylic oxidation sites excluding steroid dienone is 2. The third-order valence-electron chi connectivity index (χ3n) is 17.8. The Labute approximate surface area is 508 Å². The summed E-state index contributed by atoms with van der Waals surface area (Å²) < 4.78 is 5.47. The molecule has 2 unspecified atom stereocenters. The standard InChI is InChI=1S/C75H147NO5/c1-3-5-7-9-11-13-15-16-17-18-19-35-38-41-44-48-51-55-59-63-67-73(78)72(71-77)76-74(79)68-64-60-56-52-49-45-42-39-36-33-31-29-27-25-23-21-20-22-24-26-28-30-32-34-37-40-43-46-50-54-58-62-66-70-81-75(80)69-65-61-57-53-47-14-12-10-8-6-4-2/h10,12,72-73,77-78H,3-9,11,13-71H2,1-2H3,(H,76,79)/b12-10-. The highest BCUT2D eigenvalue weighted by Crippen LogP contribution is 2.20. The van der Waals surface area contributed by atoms with Crippen molar-refractivity contribution >= 4 is 11.9 Å². The van der Waals surface area contributed by atoms with Crippen LogP contribution < -0.4 is 5.32 Å². The molecular formula is C75H147NO5. The molecule has 0 fully saturated rings. The van der Waals surface area contributed by atoms with Crippen LogP contribution in [0.2, 0.25) is 0 Å². The van der Waals surface area contributed by atoms with Gasteiger partial charge in [0.1, 0.15) is 0 Å². The Balaban J connectivity index is 3.32. The lowest BCUT2D eigenvalue weighted by atomic mass is 10.0. The smallest absolute Gasteiger partial charge is 0.305 e. The maximum Gasteiger partial charge on any atom is 0.305 e. The number of aliphatic hydroxyl groups excluding tert-OH is 2. The van der Waals surface area contributed by atoms with Crippen LogP contribution in [0.4, 0.5) is 0 Å². The molecule has 0 radical (unpaired) electrons. The van der Waals surface area contributed by atoms with E-state index in [9.17, 15) is 19.8 Å². The van der Waals surface area contributed by atoms with Crippen molar-refractivity contribution in [3.05, 3.63) is 12.2 Å². The van der Waals surface area contributed by atoms with Crippen LogP contribution in [0.5, 0.6) is 0 Å². The maximum atomic E-state index is 12.6. The number of hydrogen-bond acceptors (Lipinski definition) is 5. The van der Waals surface area contributed by atoms with Gasteiger partial charge in [-0.05, 0) is 44.9 Å². The van der Waals surface area contributed by atoms with Crippen LogP contribution in [-0.2, 0) is 14.3 Å². The molecule has 0 bridgehead atoms. The van der Waals surface area contributed by atoms with Crippen molar-refractivity contribution in [2.24, 2.45) is 0 Å². The first-order valence-corrected chi connectivity index (χ1v) is 37.4. The lowest BCUT2D eigenvalue weighted by Crippen LogP contribution is -2.45. The second-order valence-corrected chi connectivity index (χ2v) is 26.0. The van der Waals surface area contributed by atoms with Crippen LogP contribution in [0.15, 0.2) is 12.2 Å². The molecule has 0 aliphatic carbocycles. The summed E-state index contributed by atoms with van der Waals surface area (Å²) in [6.07, 6.45) is 88.6. The quantitative estimate of drug-likeness (QED) is 0.0320. The zero-order valence-corrected chi connectivity index (χ0v) is 55.3. The molecule has 0 aliphatic rings. The number of nitrogens with one attached hydrogen (secondary N) is 1. The van der Waals surface area contributed by atoms with Crippen molar-refractivity contribution < 1.29 is 24.5 Å². The Kier molecular flexibility index (Phi) is 69.9. The number of unbranched alkanes of at least 4 members (excludes halogenated alkanes) is 58. The fraction of sp³-hybridized carbons (Fsp3) is 0.947. The summed E-state index contributed by atoms with van der Waals surface area (Å²) in [6, 6.07) is -0.538. The monoisotopic (exact) mass is 1140 g/mol. The summed E-state index contributed by atoms with van der Waals surface area (Å²) in [5.41, 5.74) is 0. The topological polar surface area (TPSA) is 95.9 Å². The maximum absolute atomic E-state index is 12.6. The van der Waals surface area contributed by atoms with Crippen molar-refractivity contribution in [1.82, 2.24) is 5.32 Å². The molecule has 0 heterocycles. The van der Waals surface area contributed by atoms with E-state index in [1.54, 1.807) is 0 Å². The van der Waals surface area contributed by atoms with Crippen LogP contribution in [0.1, 0.15) is 431 Å². The molecule has 0 aromatic heterocycles. The van der Waals surface area contributed by atoms with E-state index in [0.29, 0.717) is 25.9 Å². The van der Waals surface area contributed by atoms with Gasteiger partial charge in [-0.15, -0.1) is 0 Å². The van der Waals surface area contributed by atoms with E-state index in [4.69, 9.17) is 4.74 Å². The molecule has 81 heavy (non-hydrogen) atoms. The summed E-state index contributed by atoms with van der Waals surface area (Å²) in [6.45, 7) is 4.96. The first-order chi connectivity index (χ1) is 40.0. The molecular weight excluding hydrogens is 995 g/mol. The van der Waals surface area contributed by atoms with Gasteiger partial charge in [-0.3, -0.25) is 9.59 Å². The molecule has 1 amide bonds. The van der Waals surface area contributed by atoms with Gasteiger partial charge in [-0.1, -0.05) is 386 Å². The summed E-state index contributed by atoms with van der Waals surface area (Å²) in [4.78, 5) is 24.6. The molecule has 0 saturated heterocycles. The molecule has 0 rings (SSSR count). The Morgan fingerprint density at radius 1 is 0.333 bits per heavy atom. The largest absolute Gasteiger partial charge is 0.466 e. The van der Waals surface area contributed by atoms with Crippen molar-refractivity contribution in [3.63, 3.8) is 0 Å². The number of aliphatic hydroxyl groups is 2. The first-order valence-electron chi connectivity index (χ1n) is 37.4. The molecule has 0 saturated carbocycles. The third kappa shape index (κ3) is 67.6. The number of hydrogen-bond donors (Lipinski definition) is 3. The first kappa shape index (κ1) is 79.6. The van der Waals surface area contributed by atoms with Crippen LogP contribution in [0, 0.1) is 0 Å². The van der Waals surface area contributed by atoms with E-state index in [0.717, 1.165) is 44.9 Å². The minimum Gasteiger partial charge on any atom is -0.466 e. The van der Waals surface area contributed by atoms with E-state index < -0.39 is 12.1 Å². The lowest BCUT2D eigenvalue weighted by Gasteiger charge is -2.22. The van der Waals surface area contributed by atoms with Crippen LogP contribution in [0.3, 0.4) is 0 Å². The van der Waals surface area contributed by atoms with Gasteiger partial charge in [-0.2, -0.15) is 0 Å². The van der Waals surface area contributed by atoms with Gasteiger partial charge in [0.15, 0.2) is 0 Å². The molecule has 6 heteroatoms. The van der Waals surface area contributed by atoms with Gasteiger partial charge in [-0.25, -0.2) is 0 Å². The second kappa shape index (κ2) is 71.1. The van der Waals surface area contributed by atoms with E-state index >= 15 is 0 Å². The summed E-state index contributed by atoms with van der Waals surface area (Å²) >= 11 is 0. The molecule has 2 atom stereocenters. The zero-order valence-electron chi connectivity index (χ0n) is 55.3. The van der Waals surface area contributed by atoms with E-state index in [2.05, 4.69) is 31.3 Å². The van der Waals surface area contributed by atoms with Gasteiger partial charge < -0.3 is 20.3 Å². The Morgan fingerprint density at radius 3 is 0.914 bits per heavy atom. The number of esters is 1. The lowest BCUT2D eigenvalue weighted by molar-refractivity contribution is -0.143. The molecule has 482 valence electrons. The van der Waals surface area contributed by atoms with E-state index in [-0.39, 0.29) is 18.5 Å². The fourth-order valence-corrected chi connectivity index (χ4v) is 12.1. The minimum absolute atomic E-state index is 0.0115. The number of amides is 1. The Bertz CT molecular complexity index is 1220. The van der Waals surface area contributed by atoms with Gasteiger partial charge in [0.2, 0.25) is 5.91 Å². The number of ether oxygens (including phenoxy) is 1. The molecule has 0 aromatic carbocycles. The predicted octanol–water partition coefficient (Wildman–Crippen LogP) is 24.3. The van der Waals surface area contributed by atoms with E-state index in [1.165, 1.54) is 353 Å². The third-order valence-corrected chi connectivity index (χ3v) is 17.8. The van der Waals surface area contributed by atoms with Crippen LogP contribution in [0.25, 0.3) is 0 Å². The van der Waals surface area contributed by atoms with Gasteiger partial charge in [0.25, 0.3) is 0 Å². The van der Waals surface area contributed by atoms with Crippen LogP contribution in [-0.4, -0.2) is 47.4 Å². The summed E-state index contributed by atoms with van der Waals surface area (Å²) in [5, 5.41) is 23.4. The van der Waals surface area contributed by atoms with E-state index in [1.807, 2.05) is 0 Å². The van der Waals surface area contributed by atoms with Crippen molar-refractivity contribution in [2.75, 3.05) is 13.2 Å². The molecule has 0 aliphatic heterocycles. The highest BCUT2D eigenvalue weighted by molar-refractivity contribution is 5.76. The predicted molar refractivity (Wildman–Crippen MR) is 357 cm³/mol. The fourth-order valence-electron chi connectivity index (χ4n) is 12.1. The van der Waals surface area contributed by atoms with Gasteiger partial charge in [0.05, 0.1) is 25.4 Å². The average Bonchev–Trinajstić information content (AvgIpc) is 3.47. The molecule has 0 spiro atoms. The molecule has 6 nitrogen and oxygen atoms in total. The molecule has 0 aromatic rings. The number of carbonyl (C=O) groups is 2. The van der Waals surface area contributed by atoms with Crippen LogP contribution >= 0.6 is 0 Å². The second-order valence-electron chi connectivity index (χ2n) is 26.0. The normalized spacial score (nSPS) is 12.5. The Hall–Kier alpha value is -1.40. The highest BCUT2D eigenvalue weighted by Gasteiger charge is 2.20. The van der Waals surface area contributed by atoms with Gasteiger partial charge >= 0.3 is 5.97 Å². The minimum atomic E-state index is -0.661. The number of carbonyl (C=O) groups excluding carboxylic acids is 2. The van der Waals surface area contributed by atoms with Crippen molar-refractivity contribution in [3.8, 4) is 0 Å². The zero-order chi connectivity index (χ0) is 58.5. The number of rotatable bonds is 71.